The first-order valence-corrected chi connectivity index (χ1v) is 15.3. The molecule has 4 aromatic carbocycles. The number of fused-ring (bicyclic) bond motifs is 1. The van der Waals surface area contributed by atoms with Crippen LogP contribution in [0.1, 0.15) is 36.0 Å². The second-order valence-corrected chi connectivity index (χ2v) is 12.2. The van der Waals surface area contributed by atoms with Crippen LogP contribution >= 0.6 is 54.8 Å². The summed E-state index contributed by atoms with van der Waals surface area (Å²) in [7, 11) is 1.55. The molecule has 0 atom stereocenters. The van der Waals surface area contributed by atoms with Gasteiger partial charge in [-0.2, -0.15) is 5.10 Å². The van der Waals surface area contributed by atoms with Gasteiger partial charge >= 0.3 is 5.97 Å². The number of carbonyl (C=O) groups is 3. The number of hydrogen-bond acceptors (Lipinski definition) is 7. The van der Waals surface area contributed by atoms with Gasteiger partial charge in [-0.25, -0.2) is 10.2 Å². The average molecular weight is 742 g/mol. The Morgan fingerprint density at radius 3 is 2.23 bits per heavy atom. The van der Waals surface area contributed by atoms with E-state index in [0.717, 1.165) is 19.0 Å². The summed E-state index contributed by atoms with van der Waals surface area (Å²) in [5, 5.41) is 7.90. The average Bonchev–Trinajstić information content (AvgIpc) is 3.33. The minimum Gasteiger partial charge on any atom is -0.497 e. The van der Waals surface area contributed by atoms with E-state index in [0.29, 0.717) is 33.1 Å². The smallest absolute Gasteiger partial charge is 0.355 e. The van der Waals surface area contributed by atoms with Crippen LogP contribution in [-0.2, 0) is 0 Å². The molecule has 0 aliphatic heterocycles. The normalized spacial score (nSPS) is 11.0. The number of esters is 1. The first-order chi connectivity index (χ1) is 20.7. The van der Waals surface area contributed by atoms with Gasteiger partial charge in [0.15, 0.2) is 0 Å². The molecule has 43 heavy (non-hydrogen) atoms. The molecule has 0 radical (unpaired) electrons. The standard InChI is InChI=1S/C31H20Br2ClN3O5S/c1-41-23-10-4-17(5-11-23)29(38)36-22-8-2-18(3-9-22)30(39)37-35-16-19-14-20(32)7-13-25(19)42-31(40)28-27(34)24-12-6-21(33)15-26(24)43-28/h2-16H,1H3,(H,36,38)(H,37,39)/b35-16-. The summed E-state index contributed by atoms with van der Waals surface area (Å²) in [6.45, 7) is 0. The van der Waals surface area contributed by atoms with Crippen LogP contribution in [-0.4, -0.2) is 31.1 Å². The van der Waals surface area contributed by atoms with Gasteiger partial charge < -0.3 is 14.8 Å². The molecule has 2 N–H and O–H groups in total. The van der Waals surface area contributed by atoms with Crippen LogP contribution in [0.25, 0.3) is 10.1 Å². The van der Waals surface area contributed by atoms with Gasteiger partial charge in [-0.3, -0.25) is 9.59 Å². The molecule has 0 unspecified atom stereocenters. The van der Waals surface area contributed by atoms with E-state index in [1.54, 1.807) is 73.8 Å². The number of rotatable bonds is 8. The molecule has 5 rings (SSSR count). The lowest BCUT2D eigenvalue weighted by Crippen LogP contribution is -2.18. The molecule has 0 spiro atoms. The Bertz CT molecular complexity index is 1880. The third-order valence-electron chi connectivity index (χ3n) is 6.08. The van der Waals surface area contributed by atoms with Crippen LogP contribution < -0.4 is 20.2 Å². The summed E-state index contributed by atoms with van der Waals surface area (Å²) in [6.07, 6.45) is 1.37. The third kappa shape index (κ3) is 7.31. The van der Waals surface area contributed by atoms with Crippen molar-refractivity contribution < 1.29 is 23.9 Å². The van der Waals surface area contributed by atoms with Gasteiger partial charge in [-0.05, 0) is 78.9 Å². The number of carbonyl (C=O) groups excluding carboxylic acids is 3. The number of hydrazone groups is 1. The lowest BCUT2D eigenvalue weighted by molar-refractivity contribution is 0.0739. The van der Waals surface area contributed by atoms with Gasteiger partial charge in [-0.1, -0.05) is 49.5 Å². The number of amides is 2. The molecule has 12 heteroatoms. The van der Waals surface area contributed by atoms with Crippen LogP contribution in [0.5, 0.6) is 11.5 Å². The zero-order chi connectivity index (χ0) is 30.5. The number of benzene rings is 4. The fourth-order valence-corrected chi connectivity index (χ4v) is 6.22. The van der Waals surface area contributed by atoms with Gasteiger partial charge in [0, 0.05) is 41.4 Å². The molecular formula is C31H20Br2ClN3O5S. The van der Waals surface area contributed by atoms with Gasteiger partial charge in [0.2, 0.25) is 0 Å². The number of hydrogen-bond donors (Lipinski definition) is 2. The molecule has 0 fully saturated rings. The van der Waals surface area contributed by atoms with Crippen molar-refractivity contribution in [3.05, 3.63) is 120 Å². The van der Waals surface area contributed by atoms with E-state index in [1.807, 2.05) is 18.2 Å². The quantitative estimate of drug-likeness (QED) is 0.0721. The predicted octanol–water partition coefficient (Wildman–Crippen LogP) is 8.32. The highest BCUT2D eigenvalue weighted by atomic mass is 79.9. The first kappa shape index (κ1) is 30.4. The highest BCUT2D eigenvalue weighted by molar-refractivity contribution is 9.10. The summed E-state index contributed by atoms with van der Waals surface area (Å²) in [4.78, 5) is 38.5. The van der Waals surface area contributed by atoms with Crippen LogP contribution in [0.3, 0.4) is 0 Å². The fraction of sp³-hybridized carbons (Fsp3) is 0.0323. The zero-order valence-electron chi connectivity index (χ0n) is 22.2. The topological polar surface area (TPSA) is 106 Å². The van der Waals surface area contributed by atoms with E-state index in [1.165, 1.54) is 17.6 Å². The monoisotopic (exact) mass is 739 g/mol. The Hall–Kier alpha value is -4.03. The second kappa shape index (κ2) is 13.5. The van der Waals surface area contributed by atoms with E-state index < -0.39 is 11.9 Å². The third-order valence-corrected chi connectivity index (χ3v) is 8.70. The van der Waals surface area contributed by atoms with E-state index >= 15 is 0 Å². The van der Waals surface area contributed by atoms with E-state index in [4.69, 9.17) is 21.1 Å². The van der Waals surface area contributed by atoms with Crippen molar-refractivity contribution in [2.24, 2.45) is 5.10 Å². The molecule has 8 nitrogen and oxygen atoms in total. The Morgan fingerprint density at radius 2 is 1.51 bits per heavy atom. The largest absolute Gasteiger partial charge is 0.497 e. The number of halogens is 3. The molecule has 0 aliphatic carbocycles. The molecule has 0 bridgehead atoms. The number of methoxy groups -OCH3 is 1. The highest BCUT2D eigenvalue weighted by Crippen LogP contribution is 2.37. The fourth-order valence-electron chi connectivity index (χ4n) is 3.91. The van der Waals surface area contributed by atoms with Crippen molar-refractivity contribution >= 4 is 94.6 Å². The van der Waals surface area contributed by atoms with Crippen LogP contribution in [0.15, 0.2) is 99.0 Å². The Labute approximate surface area is 271 Å². The molecule has 2 amide bonds. The molecule has 1 aromatic heterocycles. The minimum absolute atomic E-state index is 0.234. The molecular weight excluding hydrogens is 722 g/mol. The minimum atomic E-state index is -0.609. The van der Waals surface area contributed by atoms with Crippen LogP contribution in [0.4, 0.5) is 5.69 Å². The Kier molecular flexibility index (Phi) is 9.56. The summed E-state index contributed by atoms with van der Waals surface area (Å²) in [6, 6.07) is 23.7. The maximum Gasteiger partial charge on any atom is 0.355 e. The van der Waals surface area contributed by atoms with E-state index in [9.17, 15) is 14.4 Å². The van der Waals surface area contributed by atoms with E-state index in [-0.39, 0.29) is 16.5 Å². The maximum atomic E-state index is 13.0. The van der Waals surface area contributed by atoms with Gasteiger partial charge in [0.1, 0.15) is 16.4 Å². The van der Waals surface area contributed by atoms with Crippen molar-refractivity contribution in [2.75, 3.05) is 12.4 Å². The summed E-state index contributed by atoms with van der Waals surface area (Å²) >= 11 is 14.5. The van der Waals surface area contributed by atoms with Gasteiger partial charge in [0.25, 0.3) is 11.8 Å². The summed E-state index contributed by atoms with van der Waals surface area (Å²) in [5.74, 6) is -0.489. The summed E-state index contributed by atoms with van der Waals surface area (Å²) in [5.41, 5.74) is 4.22. The van der Waals surface area contributed by atoms with Crippen molar-refractivity contribution in [2.45, 2.75) is 0 Å². The number of anilines is 1. The number of nitrogens with one attached hydrogen (secondary N) is 2. The second-order valence-electron chi connectivity index (χ2n) is 8.92. The Balaban J connectivity index is 1.23. The van der Waals surface area contributed by atoms with Crippen LogP contribution in [0.2, 0.25) is 5.02 Å². The van der Waals surface area contributed by atoms with Gasteiger partial charge in [0.05, 0.1) is 18.3 Å². The van der Waals surface area contributed by atoms with Crippen molar-refractivity contribution in [3.63, 3.8) is 0 Å². The molecule has 216 valence electrons. The molecule has 5 aromatic rings. The molecule has 0 saturated carbocycles. The molecule has 1 heterocycles. The van der Waals surface area contributed by atoms with Crippen molar-refractivity contribution in [1.29, 1.82) is 0 Å². The number of nitrogens with zero attached hydrogens (tertiary/aromatic N) is 1. The van der Waals surface area contributed by atoms with Crippen molar-refractivity contribution in [1.82, 2.24) is 5.43 Å². The first-order valence-electron chi connectivity index (χ1n) is 12.5. The lowest BCUT2D eigenvalue weighted by atomic mass is 10.1. The predicted molar refractivity (Wildman–Crippen MR) is 176 cm³/mol. The van der Waals surface area contributed by atoms with Gasteiger partial charge in [-0.15, -0.1) is 11.3 Å². The van der Waals surface area contributed by atoms with E-state index in [2.05, 4.69) is 47.7 Å². The lowest BCUT2D eigenvalue weighted by Gasteiger charge is -2.08. The molecule has 0 aliphatic rings. The van der Waals surface area contributed by atoms with Crippen LogP contribution in [0, 0.1) is 0 Å². The number of ether oxygens (including phenoxy) is 2. The Morgan fingerprint density at radius 1 is 0.860 bits per heavy atom. The number of thiophene rings is 1. The highest BCUT2D eigenvalue weighted by Gasteiger charge is 2.20. The molecule has 0 saturated heterocycles. The zero-order valence-corrected chi connectivity index (χ0v) is 26.9. The van der Waals surface area contributed by atoms with Crippen molar-refractivity contribution in [3.8, 4) is 11.5 Å². The maximum absolute atomic E-state index is 13.0. The summed E-state index contributed by atoms with van der Waals surface area (Å²) < 4.78 is 13.2. The SMILES string of the molecule is COc1ccc(C(=O)Nc2ccc(C(=O)N/N=C\c3cc(Br)ccc3OC(=O)c3sc4cc(Br)ccc4c3Cl)cc2)cc1.